The average Bonchev–Trinajstić information content (AvgIpc) is 2.10. The second kappa shape index (κ2) is 5.91. The zero-order valence-electron chi connectivity index (χ0n) is 13.5. The predicted molar refractivity (Wildman–Crippen MR) is 84.9 cm³/mol. The zero-order chi connectivity index (χ0) is 14.8. The third-order valence-corrected chi connectivity index (χ3v) is 8.79. The van der Waals surface area contributed by atoms with Crippen molar-refractivity contribution >= 4 is 16.4 Å². The predicted octanol–water partition coefficient (Wildman–Crippen LogP) is 3.64. The van der Waals surface area contributed by atoms with Gasteiger partial charge < -0.3 is 9.53 Å². The van der Waals surface area contributed by atoms with Crippen molar-refractivity contribution in [3.05, 3.63) is 0 Å². The van der Waals surface area contributed by atoms with Crippen LogP contribution in [0, 0.1) is 11.5 Å². The van der Waals surface area contributed by atoms with Gasteiger partial charge in [-0.1, -0.05) is 46.3 Å². The monoisotopic (exact) mass is 286 g/mol. The Morgan fingerprint density at radius 2 is 1.50 bits per heavy atom. The van der Waals surface area contributed by atoms with Gasteiger partial charge in [0.15, 0.2) is 8.32 Å². The molecule has 2 nitrogen and oxygen atoms in total. The fraction of sp³-hybridized carbons (Fsp3) is 0.857. The fourth-order valence-corrected chi connectivity index (χ4v) is 3.11. The lowest BCUT2D eigenvalue weighted by Crippen LogP contribution is -2.46. The number of hydrogen-bond donors (Lipinski definition) is 1. The molecule has 0 aliphatic heterocycles. The van der Waals surface area contributed by atoms with E-state index < -0.39 is 22.5 Å². The van der Waals surface area contributed by atoms with Crippen LogP contribution in [0.4, 0.5) is 0 Å². The van der Waals surface area contributed by atoms with Gasteiger partial charge in [0.2, 0.25) is 0 Å². The van der Waals surface area contributed by atoms with Crippen LogP contribution in [0.3, 0.4) is 0 Å². The SMILES string of the molecule is C[C@H](O[Si](C)(C)C(C)(C)C)[C@@H](O)C#C[Si](C)(C)C. The van der Waals surface area contributed by atoms with Gasteiger partial charge in [0.25, 0.3) is 0 Å². The summed E-state index contributed by atoms with van der Waals surface area (Å²) in [5.41, 5.74) is 3.20. The Labute approximate surface area is 115 Å². The van der Waals surface area contributed by atoms with Crippen LogP contribution in [-0.4, -0.2) is 33.7 Å². The standard InChI is InChI=1S/C14H30O2Si2/c1-12(13(15)10-11-17(5,6)7)16-18(8,9)14(2,3)4/h12-13,15H,1-9H3/t12-,13-/m0/s1. The molecule has 0 aromatic heterocycles. The van der Waals surface area contributed by atoms with Crippen LogP contribution in [0.25, 0.3) is 0 Å². The molecule has 0 unspecified atom stereocenters. The maximum Gasteiger partial charge on any atom is 0.192 e. The summed E-state index contributed by atoms with van der Waals surface area (Å²) >= 11 is 0. The molecule has 0 rings (SSSR count). The molecule has 0 saturated carbocycles. The van der Waals surface area contributed by atoms with E-state index in [2.05, 4.69) is 65.0 Å². The van der Waals surface area contributed by atoms with Gasteiger partial charge in [0.1, 0.15) is 14.2 Å². The van der Waals surface area contributed by atoms with Crippen molar-refractivity contribution in [2.45, 2.75) is 77.7 Å². The number of aliphatic hydroxyl groups is 1. The second-order valence-electron chi connectivity index (χ2n) is 7.55. The summed E-state index contributed by atoms with van der Waals surface area (Å²) in [6, 6.07) is 0. The molecule has 18 heavy (non-hydrogen) atoms. The lowest BCUT2D eigenvalue weighted by Gasteiger charge is -2.38. The van der Waals surface area contributed by atoms with Gasteiger partial charge in [-0.15, -0.1) is 5.54 Å². The summed E-state index contributed by atoms with van der Waals surface area (Å²) in [5.74, 6) is 2.96. The van der Waals surface area contributed by atoms with Crippen molar-refractivity contribution in [1.29, 1.82) is 0 Å². The minimum Gasteiger partial charge on any atom is -0.411 e. The van der Waals surface area contributed by atoms with Crippen LogP contribution in [0.2, 0.25) is 37.8 Å². The van der Waals surface area contributed by atoms with Gasteiger partial charge in [-0.2, -0.15) is 0 Å². The summed E-state index contributed by atoms with van der Waals surface area (Å²) < 4.78 is 6.13. The molecule has 0 aromatic rings. The van der Waals surface area contributed by atoms with Gasteiger partial charge in [-0.05, 0) is 25.1 Å². The molecule has 0 amide bonds. The van der Waals surface area contributed by atoms with Gasteiger partial charge in [0.05, 0.1) is 6.10 Å². The lowest BCUT2D eigenvalue weighted by atomic mass is 10.2. The van der Waals surface area contributed by atoms with Gasteiger partial charge >= 0.3 is 0 Å². The Kier molecular flexibility index (Phi) is 5.89. The number of rotatable bonds is 3. The molecule has 0 spiro atoms. The molecular formula is C14H30O2Si2. The van der Waals surface area contributed by atoms with E-state index in [0.29, 0.717) is 0 Å². The maximum atomic E-state index is 10.1. The summed E-state index contributed by atoms with van der Waals surface area (Å²) in [4.78, 5) is 0. The van der Waals surface area contributed by atoms with Gasteiger partial charge in [-0.25, -0.2) is 0 Å². The minimum atomic E-state index is -1.82. The third-order valence-electron chi connectivity index (χ3n) is 3.33. The quantitative estimate of drug-likeness (QED) is 0.634. The Hall–Kier alpha value is -0.0862. The van der Waals surface area contributed by atoms with Gasteiger partial charge in [-0.3, -0.25) is 0 Å². The van der Waals surface area contributed by atoms with Crippen molar-refractivity contribution in [3.63, 3.8) is 0 Å². The topological polar surface area (TPSA) is 29.5 Å². The second-order valence-corrected chi connectivity index (χ2v) is 17.1. The Morgan fingerprint density at radius 1 is 1.06 bits per heavy atom. The summed E-state index contributed by atoms with van der Waals surface area (Å²) in [6.07, 6.45) is -0.888. The highest BCUT2D eigenvalue weighted by Crippen LogP contribution is 2.37. The van der Waals surface area contributed by atoms with E-state index in [0.717, 1.165) is 0 Å². The molecule has 0 aromatic carbocycles. The van der Waals surface area contributed by atoms with E-state index in [1.807, 2.05) is 6.92 Å². The van der Waals surface area contributed by atoms with E-state index in [-0.39, 0.29) is 11.1 Å². The average molecular weight is 287 g/mol. The molecule has 1 N–H and O–H groups in total. The summed E-state index contributed by atoms with van der Waals surface area (Å²) in [6.45, 7) is 19.4. The van der Waals surface area contributed by atoms with Crippen molar-refractivity contribution < 1.29 is 9.53 Å². The van der Waals surface area contributed by atoms with Crippen LogP contribution >= 0.6 is 0 Å². The molecule has 0 heterocycles. The van der Waals surface area contributed by atoms with E-state index in [1.165, 1.54) is 0 Å². The maximum absolute atomic E-state index is 10.1. The normalized spacial score (nSPS) is 16.8. The van der Waals surface area contributed by atoms with Crippen LogP contribution in [0.5, 0.6) is 0 Å². The molecule has 0 saturated heterocycles. The summed E-state index contributed by atoms with van der Waals surface area (Å²) in [7, 11) is -3.25. The first kappa shape index (κ1) is 17.9. The Balaban J connectivity index is 4.68. The van der Waals surface area contributed by atoms with Crippen molar-refractivity contribution in [2.24, 2.45) is 0 Å². The van der Waals surface area contributed by atoms with Crippen LogP contribution in [-0.2, 0) is 4.43 Å². The molecule has 0 bridgehead atoms. The lowest BCUT2D eigenvalue weighted by molar-refractivity contribution is 0.0752. The fourth-order valence-electron chi connectivity index (χ4n) is 1.11. The van der Waals surface area contributed by atoms with E-state index >= 15 is 0 Å². The van der Waals surface area contributed by atoms with Crippen molar-refractivity contribution in [3.8, 4) is 11.5 Å². The number of hydrogen-bond acceptors (Lipinski definition) is 2. The highest BCUT2D eigenvalue weighted by atomic mass is 28.4. The van der Waals surface area contributed by atoms with Crippen molar-refractivity contribution in [2.75, 3.05) is 0 Å². The first-order chi connectivity index (χ1) is 7.76. The van der Waals surface area contributed by atoms with Crippen LogP contribution in [0.15, 0.2) is 0 Å². The van der Waals surface area contributed by atoms with Crippen molar-refractivity contribution in [1.82, 2.24) is 0 Å². The smallest absolute Gasteiger partial charge is 0.192 e. The highest BCUT2D eigenvalue weighted by Gasteiger charge is 2.39. The molecule has 2 atom stereocenters. The Morgan fingerprint density at radius 3 is 1.83 bits per heavy atom. The van der Waals surface area contributed by atoms with E-state index in [9.17, 15) is 5.11 Å². The molecule has 106 valence electrons. The van der Waals surface area contributed by atoms with E-state index in [1.54, 1.807) is 0 Å². The molecule has 0 aliphatic carbocycles. The molecule has 0 radical (unpaired) electrons. The first-order valence-corrected chi connectivity index (χ1v) is 13.1. The highest BCUT2D eigenvalue weighted by molar-refractivity contribution is 6.83. The van der Waals surface area contributed by atoms with Crippen LogP contribution < -0.4 is 0 Å². The Bertz CT molecular complexity index is 326. The molecule has 4 heteroatoms. The third kappa shape index (κ3) is 6.19. The van der Waals surface area contributed by atoms with Crippen LogP contribution in [0.1, 0.15) is 27.7 Å². The van der Waals surface area contributed by atoms with Gasteiger partial charge in [0, 0.05) is 0 Å². The largest absolute Gasteiger partial charge is 0.411 e. The number of aliphatic hydroxyl groups excluding tert-OH is 1. The molecule has 0 aliphatic rings. The molecular weight excluding hydrogens is 256 g/mol. The minimum absolute atomic E-state index is 0.160. The zero-order valence-corrected chi connectivity index (χ0v) is 15.5. The molecule has 0 fully saturated rings. The summed E-state index contributed by atoms with van der Waals surface area (Å²) in [5, 5.41) is 10.2. The van der Waals surface area contributed by atoms with E-state index in [4.69, 9.17) is 4.43 Å². The first-order valence-electron chi connectivity index (χ1n) is 6.65.